The molecule has 1 aromatic rings. The third-order valence-electron chi connectivity index (χ3n) is 0.926. The van der Waals surface area contributed by atoms with E-state index in [2.05, 4.69) is 15.9 Å². The highest BCUT2D eigenvalue weighted by Crippen LogP contribution is 2.02. The average Bonchev–Trinajstić information content (AvgIpc) is 1.90. The van der Waals surface area contributed by atoms with Gasteiger partial charge in [-0.15, -0.1) is 0 Å². The zero-order valence-electron chi connectivity index (χ0n) is 5.34. The Morgan fingerprint density at radius 2 is 2.00 bits per heavy atom. The van der Waals surface area contributed by atoms with Crippen molar-refractivity contribution in [3.8, 4) is 0 Å². The van der Waals surface area contributed by atoms with Gasteiger partial charge >= 0.3 is 0 Å². The lowest BCUT2D eigenvalue weighted by atomic mass is 10.2. The number of rotatable bonds is 1. The molecule has 0 unspecified atom stereocenters. The fourth-order valence-corrected chi connectivity index (χ4v) is 0.831. The second kappa shape index (κ2) is 2.88. The van der Waals surface area contributed by atoms with Crippen LogP contribution in [0.4, 0.5) is 0 Å². The van der Waals surface area contributed by atoms with Gasteiger partial charge in [0.15, 0.2) is 0 Å². The summed E-state index contributed by atoms with van der Waals surface area (Å²) in [6.45, 7) is 0. The van der Waals surface area contributed by atoms with E-state index in [0.717, 1.165) is 5.56 Å². The van der Waals surface area contributed by atoms with Gasteiger partial charge in [-0.05, 0) is 5.56 Å². The molecular formula is C7H7Br. The van der Waals surface area contributed by atoms with Crippen LogP contribution < -0.4 is 0 Å². The summed E-state index contributed by atoms with van der Waals surface area (Å²) < 4.78 is 7.24. The highest BCUT2D eigenvalue weighted by molar-refractivity contribution is 9.08. The van der Waals surface area contributed by atoms with Gasteiger partial charge in [0.25, 0.3) is 0 Å². The van der Waals surface area contributed by atoms with Gasteiger partial charge in [0.05, 0.1) is 0 Å². The Morgan fingerprint density at radius 1 is 1.38 bits per heavy atom. The largest absolute Gasteiger partial charge is 0.0876 e. The van der Waals surface area contributed by atoms with Gasteiger partial charge in [0, 0.05) is 6.68 Å². The Morgan fingerprint density at radius 3 is 2.38 bits per heavy atom. The zero-order valence-corrected chi connectivity index (χ0v) is 5.93. The Balaban J connectivity index is 2.85. The molecule has 0 saturated carbocycles. The van der Waals surface area contributed by atoms with Crippen LogP contribution in [-0.2, 0) is 5.31 Å². The quantitative estimate of drug-likeness (QED) is 0.571. The van der Waals surface area contributed by atoms with Crippen molar-refractivity contribution in [3.05, 3.63) is 35.9 Å². The smallest absolute Gasteiger partial charge is 0.0437 e. The predicted octanol–water partition coefficient (Wildman–Crippen LogP) is 2.58. The highest BCUT2D eigenvalue weighted by atomic mass is 79.9. The number of halogens is 1. The molecule has 0 aliphatic carbocycles. The van der Waals surface area contributed by atoms with Gasteiger partial charge in [-0.2, -0.15) is 0 Å². The lowest BCUT2D eigenvalue weighted by Crippen LogP contribution is -1.70. The molecule has 0 aliphatic rings. The van der Waals surface area contributed by atoms with E-state index in [1.165, 1.54) is 0 Å². The Bertz CT molecular complexity index is 172. The van der Waals surface area contributed by atoms with E-state index >= 15 is 0 Å². The molecule has 1 aromatic carbocycles. The van der Waals surface area contributed by atoms with Crippen molar-refractivity contribution < 1.29 is 1.37 Å². The van der Waals surface area contributed by atoms with Crippen molar-refractivity contribution in [1.82, 2.24) is 0 Å². The third-order valence-corrected chi connectivity index (χ3v) is 1.45. The molecular weight excluding hydrogens is 164 g/mol. The van der Waals surface area contributed by atoms with Crippen LogP contribution in [0.25, 0.3) is 0 Å². The number of hydrogen-bond acceptors (Lipinski definition) is 0. The zero-order chi connectivity index (χ0) is 6.69. The fraction of sp³-hybridized carbons (Fsp3) is 0.143. The molecule has 0 fully saturated rings. The first-order valence-corrected chi connectivity index (χ1v) is 3.33. The van der Waals surface area contributed by atoms with Crippen LogP contribution in [0.5, 0.6) is 0 Å². The normalized spacial score (nSPS) is 14.9. The molecule has 1 atom stereocenters. The maximum Gasteiger partial charge on any atom is 0.0437 e. The summed E-state index contributed by atoms with van der Waals surface area (Å²) in [6.07, 6.45) is 0. The third kappa shape index (κ3) is 1.34. The predicted molar refractivity (Wildman–Crippen MR) is 39.1 cm³/mol. The van der Waals surface area contributed by atoms with Crippen molar-refractivity contribution in [2.75, 3.05) is 0 Å². The molecule has 0 spiro atoms. The average molecular weight is 172 g/mol. The molecule has 0 aliphatic heterocycles. The summed E-state index contributed by atoms with van der Waals surface area (Å²) in [5, 5.41) is -0.279. The van der Waals surface area contributed by atoms with Crippen molar-refractivity contribution >= 4 is 15.9 Å². The number of alkyl halides is 1. The molecule has 0 nitrogen and oxygen atoms in total. The summed E-state index contributed by atoms with van der Waals surface area (Å²) in [5.41, 5.74) is 0.998. The summed E-state index contributed by atoms with van der Waals surface area (Å²) in [4.78, 5) is 0. The van der Waals surface area contributed by atoms with Crippen LogP contribution in [0, 0.1) is 0 Å². The van der Waals surface area contributed by atoms with Crippen LogP contribution >= 0.6 is 15.9 Å². The van der Waals surface area contributed by atoms with E-state index in [1.54, 1.807) is 0 Å². The molecule has 0 aromatic heterocycles. The van der Waals surface area contributed by atoms with Crippen molar-refractivity contribution in [2.24, 2.45) is 0 Å². The van der Waals surface area contributed by atoms with Crippen LogP contribution in [-0.4, -0.2) is 0 Å². The van der Waals surface area contributed by atoms with Gasteiger partial charge in [-0.3, -0.25) is 0 Å². The monoisotopic (exact) mass is 171 g/mol. The molecule has 42 valence electrons. The molecule has 0 saturated heterocycles. The minimum Gasteiger partial charge on any atom is -0.0876 e. The van der Waals surface area contributed by atoms with Crippen molar-refractivity contribution in [2.45, 2.75) is 5.31 Å². The molecule has 1 rings (SSSR count). The molecule has 8 heavy (non-hydrogen) atoms. The molecule has 0 heterocycles. The second-order valence-electron chi connectivity index (χ2n) is 1.52. The van der Waals surface area contributed by atoms with Crippen LogP contribution in [0.2, 0.25) is 0 Å². The van der Waals surface area contributed by atoms with E-state index in [1.807, 2.05) is 30.3 Å². The SMILES string of the molecule is [2H][C@@H](Br)c1ccccc1. The van der Waals surface area contributed by atoms with E-state index in [4.69, 9.17) is 1.37 Å². The summed E-state index contributed by atoms with van der Waals surface area (Å²) >= 11 is 3.15. The van der Waals surface area contributed by atoms with Gasteiger partial charge < -0.3 is 0 Å². The first-order chi connectivity index (χ1) is 4.30. The van der Waals surface area contributed by atoms with E-state index in [9.17, 15) is 0 Å². The first-order valence-electron chi connectivity index (χ1n) is 2.99. The van der Waals surface area contributed by atoms with Crippen LogP contribution in [0.1, 0.15) is 6.93 Å². The summed E-state index contributed by atoms with van der Waals surface area (Å²) in [5.74, 6) is 0. The lowest BCUT2D eigenvalue weighted by molar-refractivity contribution is 1.44. The van der Waals surface area contributed by atoms with Crippen LogP contribution in [0.15, 0.2) is 30.3 Å². The highest BCUT2D eigenvalue weighted by Gasteiger charge is 1.81. The van der Waals surface area contributed by atoms with Gasteiger partial charge in [0.1, 0.15) is 0 Å². The Hall–Kier alpha value is -0.300. The van der Waals surface area contributed by atoms with Crippen molar-refractivity contribution in [1.29, 1.82) is 0 Å². The Kier molecular flexibility index (Phi) is 1.64. The maximum atomic E-state index is 7.24. The van der Waals surface area contributed by atoms with Crippen LogP contribution in [0.3, 0.4) is 0 Å². The summed E-state index contributed by atoms with van der Waals surface area (Å²) in [7, 11) is 0. The molecule has 0 radical (unpaired) electrons. The van der Waals surface area contributed by atoms with Gasteiger partial charge in [0.2, 0.25) is 0 Å². The van der Waals surface area contributed by atoms with Crippen molar-refractivity contribution in [3.63, 3.8) is 0 Å². The number of hydrogen-bond donors (Lipinski definition) is 0. The number of benzene rings is 1. The first kappa shape index (κ1) is 4.57. The second-order valence-corrected chi connectivity index (χ2v) is 1.98. The molecule has 0 N–H and O–H groups in total. The molecule has 1 heteroatoms. The van der Waals surface area contributed by atoms with E-state index in [0.29, 0.717) is 0 Å². The van der Waals surface area contributed by atoms with E-state index < -0.39 is 0 Å². The van der Waals surface area contributed by atoms with E-state index in [-0.39, 0.29) is 5.31 Å². The topological polar surface area (TPSA) is 0 Å². The Labute approximate surface area is 59.1 Å². The molecule has 0 amide bonds. The maximum absolute atomic E-state index is 7.24. The summed E-state index contributed by atoms with van der Waals surface area (Å²) in [6, 6.07) is 9.65. The van der Waals surface area contributed by atoms with Gasteiger partial charge in [-0.1, -0.05) is 46.3 Å². The minimum atomic E-state index is -0.279. The standard InChI is InChI=1S/C7H7Br/c8-6-7-4-2-1-3-5-7/h1-5H,6H2/i6D/t6-/m1/s1. The molecule has 0 bridgehead atoms. The fourth-order valence-electron chi connectivity index (χ4n) is 0.526. The van der Waals surface area contributed by atoms with Gasteiger partial charge in [-0.25, -0.2) is 0 Å². The lowest BCUT2D eigenvalue weighted by Gasteiger charge is -1.88. The minimum absolute atomic E-state index is 0.279.